The molecule has 1 aliphatic heterocycles. The summed E-state index contributed by atoms with van der Waals surface area (Å²) < 4.78 is 0.945. The Morgan fingerprint density at radius 3 is 2.55 bits per heavy atom. The van der Waals surface area contributed by atoms with Crippen LogP contribution in [0.5, 0.6) is 0 Å². The number of hydrogen-bond donors (Lipinski definition) is 2. The number of nitrogens with zero attached hydrogens (tertiary/aromatic N) is 2. The van der Waals surface area contributed by atoms with Crippen molar-refractivity contribution in [1.82, 2.24) is 15.1 Å². The van der Waals surface area contributed by atoms with E-state index in [2.05, 4.69) is 44.4 Å². The molecule has 1 saturated heterocycles. The molecule has 0 bridgehead atoms. The monoisotopic (exact) mass is 472 g/mol. The lowest BCUT2D eigenvalue weighted by molar-refractivity contribution is -0.121. The van der Waals surface area contributed by atoms with Gasteiger partial charge in [-0.25, -0.2) is 0 Å². The Kier molecular flexibility index (Phi) is 5.82. The van der Waals surface area contributed by atoms with E-state index >= 15 is 0 Å². The van der Waals surface area contributed by atoms with E-state index in [1.807, 2.05) is 41.3 Å². The lowest BCUT2D eigenvalue weighted by Gasteiger charge is -2.31. The number of rotatable bonds is 4. The second-order valence-corrected chi connectivity index (χ2v) is 9.34. The molecule has 29 heavy (non-hydrogen) atoms. The molecule has 3 heterocycles. The highest BCUT2D eigenvalue weighted by molar-refractivity contribution is 9.10. The number of piperidine rings is 1. The van der Waals surface area contributed by atoms with Crippen molar-refractivity contribution in [1.29, 1.82) is 0 Å². The summed E-state index contributed by atoms with van der Waals surface area (Å²) in [4.78, 5) is 29.4. The minimum absolute atomic E-state index is 0.0135. The average Bonchev–Trinajstić information content (AvgIpc) is 3.37. The molecular formula is C21H21BrN4O2S. The van der Waals surface area contributed by atoms with Crippen LogP contribution >= 0.6 is 27.3 Å². The van der Waals surface area contributed by atoms with Gasteiger partial charge in [0.15, 0.2) is 5.82 Å². The van der Waals surface area contributed by atoms with Gasteiger partial charge in [-0.2, -0.15) is 5.10 Å². The van der Waals surface area contributed by atoms with E-state index in [0.29, 0.717) is 37.3 Å². The number of nitrogens with one attached hydrogen (secondary N) is 2. The summed E-state index contributed by atoms with van der Waals surface area (Å²) in [7, 11) is 0. The Morgan fingerprint density at radius 2 is 1.90 bits per heavy atom. The highest BCUT2D eigenvalue weighted by Gasteiger charge is 2.28. The zero-order chi connectivity index (χ0) is 20.4. The summed E-state index contributed by atoms with van der Waals surface area (Å²) in [5.41, 5.74) is 1.57. The smallest absolute Gasteiger partial charge is 0.253 e. The van der Waals surface area contributed by atoms with Crippen LogP contribution in [0.15, 0.2) is 46.9 Å². The number of likely N-dealkylation sites (tertiary alicyclic amines) is 1. The molecule has 8 heteroatoms. The number of benzene rings is 1. The third kappa shape index (κ3) is 4.59. The summed E-state index contributed by atoms with van der Waals surface area (Å²) in [6.07, 6.45) is 1.30. The lowest BCUT2D eigenvalue weighted by atomic mass is 9.95. The first-order chi connectivity index (χ1) is 14.0. The second-order valence-electron chi connectivity index (χ2n) is 7.14. The van der Waals surface area contributed by atoms with E-state index in [9.17, 15) is 9.59 Å². The van der Waals surface area contributed by atoms with Crippen LogP contribution in [0.1, 0.15) is 28.1 Å². The number of aromatic nitrogens is 2. The molecule has 2 aromatic heterocycles. The largest absolute Gasteiger partial charge is 0.339 e. The van der Waals surface area contributed by atoms with Gasteiger partial charge < -0.3 is 10.2 Å². The number of hydrogen-bond acceptors (Lipinski definition) is 4. The van der Waals surface area contributed by atoms with Crippen molar-refractivity contribution in [3.05, 3.63) is 57.4 Å². The lowest BCUT2D eigenvalue weighted by Crippen LogP contribution is -2.41. The molecule has 0 unspecified atom stereocenters. The highest BCUT2D eigenvalue weighted by Crippen LogP contribution is 2.28. The zero-order valence-electron chi connectivity index (χ0n) is 15.9. The first kappa shape index (κ1) is 19.8. The van der Waals surface area contributed by atoms with Crippen molar-refractivity contribution in [3.63, 3.8) is 0 Å². The number of carbonyl (C=O) groups is 2. The van der Waals surface area contributed by atoms with Crippen molar-refractivity contribution in [2.45, 2.75) is 19.8 Å². The summed E-state index contributed by atoms with van der Waals surface area (Å²) >= 11 is 5.06. The molecule has 4 rings (SSSR count). The van der Waals surface area contributed by atoms with Crippen molar-refractivity contribution >= 4 is 44.9 Å². The van der Waals surface area contributed by atoms with Gasteiger partial charge in [0.2, 0.25) is 5.91 Å². The molecule has 150 valence electrons. The third-order valence-corrected chi connectivity index (χ3v) is 6.64. The van der Waals surface area contributed by atoms with Gasteiger partial charge >= 0.3 is 0 Å². The molecule has 6 nitrogen and oxygen atoms in total. The van der Waals surface area contributed by atoms with Crippen LogP contribution in [0.2, 0.25) is 0 Å². The Labute approximate surface area is 181 Å². The summed E-state index contributed by atoms with van der Waals surface area (Å²) in [5.74, 6) is 0.387. The van der Waals surface area contributed by atoms with E-state index in [1.54, 1.807) is 11.3 Å². The molecule has 2 amide bonds. The first-order valence-electron chi connectivity index (χ1n) is 9.47. The number of amides is 2. The molecule has 3 aromatic rings. The highest BCUT2D eigenvalue weighted by atomic mass is 79.9. The molecular weight excluding hydrogens is 452 g/mol. The fourth-order valence-electron chi connectivity index (χ4n) is 3.44. The number of thiophene rings is 1. The SMILES string of the molecule is Cc1ccc(-c2cc(NC(=O)C3CCN(C(=O)c4ccc(Br)cc4)CC3)n[nH]2)s1. The molecule has 2 N–H and O–H groups in total. The topological polar surface area (TPSA) is 78.1 Å². The fourth-order valence-corrected chi connectivity index (χ4v) is 4.54. The maximum absolute atomic E-state index is 12.6. The van der Waals surface area contributed by atoms with E-state index in [0.717, 1.165) is 15.0 Å². The predicted octanol–water partition coefficient (Wildman–Crippen LogP) is 4.70. The number of carbonyl (C=O) groups excluding carboxylic acids is 2. The minimum Gasteiger partial charge on any atom is -0.339 e. The van der Waals surface area contributed by atoms with Gasteiger partial charge in [-0.05, 0) is 56.2 Å². The van der Waals surface area contributed by atoms with Crippen molar-refractivity contribution < 1.29 is 9.59 Å². The van der Waals surface area contributed by atoms with Crippen LogP contribution in [-0.2, 0) is 4.79 Å². The molecule has 1 fully saturated rings. The number of anilines is 1. The number of halogens is 1. The predicted molar refractivity (Wildman–Crippen MR) is 118 cm³/mol. The van der Waals surface area contributed by atoms with E-state index in [1.165, 1.54) is 4.88 Å². The van der Waals surface area contributed by atoms with Crippen molar-refractivity contribution in [2.75, 3.05) is 18.4 Å². The first-order valence-corrected chi connectivity index (χ1v) is 11.1. The standard InChI is InChI=1S/C21H21BrN4O2S/c1-13-2-7-18(29-13)17-12-19(25-24-17)23-20(27)14-8-10-26(11-9-14)21(28)15-3-5-16(22)6-4-15/h2-7,12,14H,8-11H2,1H3,(H2,23,24,25,27). The second kappa shape index (κ2) is 8.51. The maximum atomic E-state index is 12.6. The maximum Gasteiger partial charge on any atom is 0.253 e. The number of H-pyrrole nitrogens is 1. The van der Waals surface area contributed by atoms with Gasteiger partial charge in [0.25, 0.3) is 5.91 Å². The van der Waals surface area contributed by atoms with Crippen LogP contribution in [0.25, 0.3) is 10.6 Å². The minimum atomic E-state index is -0.117. The zero-order valence-corrected chi connectivity index (χ0v) is 18.3. The quantitative estimate of drug-likeness (QED) is 0.577. The number of aryl methyl sites for hydroxylation is 1. The normalized spacial score (nSPS) is 14.8. The van der Waals surface area contributed by atoms with E-state index in [4.69, 9.17) is 0 Å². The van der Waals surface area contributed by atoms with Crippen molar-refractivity contribution in [2.24, 2.45) is 5.92 Å². The molecule has 1 aliphatic rings. The summed E-state index contributed by atoms with van der Waals surface area (Å²) in [5, 5.41) is 10.1. The molecule has 0 aliphatic carbocycles. The van der Waals surface area contributed by atoms with Gasteiger partial charge in [-0.3, -0.25) is 14.7 Å². The molecule has 0 atom stereocenters. The van der Waals surface area contributed by atoms with Crippen LogP contribution < -0.4 is 5.32 Å². The van der Waals surface area contributed by atoms with Gasteiger partial charge in [0.05, 0.1) is 10.6 Å². The van der Waals surface area contributed by atoms with Crippen LogP contribution in [0, 0.1) is 12.8 Å². The molecule has 0 radical (unpaired) electrons. The number of aromatic amines is 1. The van der Waals surface area contributed by atoms with Crippen molar-refractivity contribution in [3.8, 4) is 10.6 Å². The molecule has 0 saturated carbocycles. The van der Waals surface area contributed by atoms with Crippen LogP contribution in [0.4, 0.5) is 5.82 Å². The Morgan fingerprint density at radius 1 is 1.17 bits per heavy atom. The molecule has 1 aromatic carbocycles. The third-order valence-electron chi connectivity index (χ3n) is 5.08. The van der Waals surface area contributed by atoms with Gasteiger partial charge in [-0.1, -0.05) is 15.9 Å². The van der Waals surface area contributed by atoms with Gasteiger partial charge in [0.1, 0.15) is 0 Å². The Balaban J connectivity index is 1.32. The summed E-state index contributed by atoms with van der Waals surface area (Å²) in [6, 6.07) is 13.3. The van der Waals surface area contributed by atoms with E-state index in [-0.39, 0.29) is 17.7 Å². The Hall–Kier alpha value is -2.45. The fraction of sp³-hybridized carbons (Fsp3) is 0.286. The van der Waals surface area contributed by atoms with E-state index < -0.39 is 0 Å². The van der Waals surface area contributed by atoms with Crippen LogP contribution in [0.3, 0.4) is 0 Å². The van der Waals surface area contributed by atoms with Gasteiger partial charge in [-0.15, -0.1) is 11.3 Å². The van der Waals surface area contributed by atoms with Crippen LogP contribution in [-0.4, -0.2) is 40.0 Å². The van der Waals surface area contributed by atoms with Gasteiger partial charge in [0, 0.05) is 40.0 Å². The average molecular weight is 473 g/mol. The summed E-state index contributed by atoms with van der Waals surface area (Å²) in [6.45, 7) is 3.21. The molecule has 0 spiro atoms. The Bertz CT molecular complexity index is 1020.